The van der Waals surface area contributed by atoms with E-state index in [1.165, 1.54) is 0 Å². The van der Waals surface area contributed by atoms with Crippen LogP contribution in [0.25, 0.3) is 11.4 Å². The molecule has 1 atom stereocenters. The molecule has 96 valence electrons. The minimum atomic E-state index is 0.0516. The molecule has 0 aromatic carbocycles. The molecule has 4 nitrogen and oxygen atoms in total. The summed E-state index contributed by atoms with van der Waals surface area (Å²) in [5.41, 5.74) is 1.10. The van der Waals surface area contributed by atoms with E-state index in [0.29, 0.717) is 5.82 Å². The van der Waals surface area contributed by atoms with Crippen LogP contribution in [-0.2, 0) is 5.41 Å². The topological polar surface area (TPSA) is 51.0 Å². The Balaban J connectivity index is 1.92. The third kappa shape index (κ3) is 1.97. The maximum atomic E-state index is 5.53. The number of aromatic nitrogens is 2. The first kappa shape index (κ1) is 11.9. The van der Waals surface area contributed by atoms with Crippen LogP contribution in [-0.4, -0.2) is 23.2 Å². The number of nitrogens with zero attached hydrogens (tertiary/aromatic N) is 2. The second-order valence-corrected chi connectivity index (χ2v) is 5.67. The van der Waals surface area contributed by atoms with Crippen molar-refractivity contribution in [2.24, 2.45) is 0 Å². The lowest BCUT2D eigenvalue weighted by atomic mass is 9.82. The van der Waals surface area contributed by atoms with Crippen LogP contribution in [0.15, 0.2) is 21.3 Å². The van der Waals surface area contributed by atoms with Crippen LogP contribution in [0.2, 0.25) is 0 Å². The average Bonchev–Trinajstić information content (AvgIpc) is 3.11. The Morgan fingerprint density at radius 3 is 3.17 bits per heavy atom. The highest BCUT2D eigenvalue weighted by Gasteiger charge is 2.40. The van der Waals surface area contributed by atoms with Crippen molar-refractivity contribution < 1.29 is 4.52 Å². The summed E-state index contributed by atoms with van der Waals surface area (Å²) in [6.45, 7) is 4.19. The summed E-state index contributed by atoms with van der Waals surface area (Å²) in [5, 5.41) is 11.6. The minimum absolute atomic E-state index is 0.0516. The summed E-state index contributed by atoms with van der Waals surface area (Å²) < 4.78 is 5.53. The van der Waals surface area contributed by atoms with Gasteiger partial charge in [-0.05, 0) is 30.8 Å². The number of rotatable bonds is 4. The third-order valence-corrected chi connectivity index (χ3v) is 4.31. The first-order chi connectivity index (χ1) is 8.84. The molecule has 1 aliphatic rings. The predicted molar refractivity (Wildman–Crippen MR) is 71.7 cm³/mol. The molecule has 0 aliphatic carbocycles. The maximum absolute atomic E-state index is 5.53. The van der Waals surface area contributed by atoms with Crippen LogP contribution in [0.4, 0.5) is 0 Å². The molecular weight excluding hydrogens is 246 g/mol. The first-order valence-electron chi connectivity index (χ1n) is 6.41. The molecule has 2 aromatic heterocycles. The van der Waals surface area contributed by atoms with Crippen molar-refractivity contribution >= 4 is 11.3 Å². The minimum Gasteiger partial charge on any atom is -0.338 e. The zero-order valence-corrected chi connectivity index (χ0v) is 11.3. The van der Waals surface area contributed by atoms with Crippen molar-refractivity contribution in [2.75, 3.05) is 13.1 Å². The number of hydrogen-bond donors (Lipinski definition) is 1. The molecule has 5 heteroatoms. The van der Waals surface area contributed by atoms with Crippen molar-refractivity contribution in [2.45, 2.75) is 31.6 Å². The van der Waals surface area contributed by atoms with E-state index in [-0.39, 0.29) is 5.41 Å². The lowest BCUT2D eigenvalue weighted by Crippen LogP contribution is -2.29. The molecule has 1 aliphatic heterocycles. The van der Waals surface area contributed by atoms with Crippen molar-refractivity contribution in [1.82, 2.24) is 15.5 Å². The smallest absolute Gasteiger partial charge is 0.234 e. The van der Waals surface area contributed by atoms with E-state index in [0.717, 1.165) is 43.8 Å². The van der Waals surface area contributed by atoms with Gasteiger partial charge >= 0.3 is 0 Å². The quantitative estimate of drug-likeness (QED) is 0.921. The highest BCUT2D eigenvalue weighted by Crippen LogP contribution is 2.35. The summed E-state index contributed by atoms with van der Waals surface area (Å²) in [4.78, 5) is 4.61. The molecule has 18 heavy (non-hydrogen) atoms. The van der Waals surface area contributed by atoms with Crippen molar-refractivity contribution in [1.29, 1.82) is 0 Å². The van der Waals surface area contributed by atoms with Crippen molar-refractivity contribution in [3.63, 3.8) is 0 Å². The monoisotopic (exact) mass is 263 g/mol. The van der Waals surface area contributed by atoms with Crippen LogP contribution in [0.3, 0.4) is 0 Å². The van der Waals surface area contributed by atoms with Gasteiger partial charge < -0.3 is 9.84 Å². The van der Waals surface area contributed by atoms with Crippen LogP contribution < -0.4 is 5.32 Å². The van der Waals surface area contributed by atoms with E-state index in [4.69, 9.17) is 4.52 Å². The molecule has 0 saturated carbocycles. The summed E-state index contributed by atoms with van der Waals surface area (Å²) >= 11 is 1.65. The molecule has 0 bridgehead atoms. The molecule has 0 amide bonds. The van der Waals surface area contributed by atoms with Crippen LogP contribution in [0.5, 0.6) is 0 Å². The Kier molecular flexibility index (Phi) is 3.18. The molecule has 1 fully saturated rings. The molecule has 2 aromatic rings. The van der Waals surface area contributed by atoms with E-state index < -0.39 is 0 Å². The molecule has 1 N–H and O–H groups in total. The Hall–Kier alpha value is -1.20. The maximum Gasteiger partial charge on any atom is 0.234 e. The lowest BCUT2D eigenvalue weighted by molar-refractivity contribution is 0.277. The van der Waals surface area contributed by atoms with Gasteiger partial charge in [-0.1, -0.05) is 18.5 Å². The zero-order chi connectivity index (χ0) is 12.4. The van der Waals surface area contributed by atoms with Gasteiger partial charge in [0.05, 0.1) is 5.41 Å². The fourth-order valence-electron chi connectivity index (χ4n) is 2.67. The van der Waals surface area contributed by atoms with E-state index in [2.05, 4.69) is 22.4 Å². The fourth-order valence-corrected chi connectivity index (χ4v) is 3.31. The highest BCUT2D eigenvalue weighted by atomic mass is 32.1. The van der Waals surface area contributed by atoms with Crippen LogP contribution >= 0.6 is 11.3 Å². The van der Waals surface area contributed by atoms with Gasteiger partial charge in [-0.15, -0.1) is 0 Å². The normalized spacial score (nSPS) is 23.6. The van der Waals surface area contributed by atoms with Gasteiger partial charge in [0.2, 0.25) is 11.7 Å². The lowest BCUT2D eigenvalue weighted by Gasteiger charge is -2.22. The standard InChI is InChI=1S/C13H17N3OS/c1-2-4-13(5-6-14-9-13)12-15-11(16-17-12)10-3-7-18-8-10/h3,7-8,14H,2,4-6,9H2,1H3. The Morgan fingerprint density at radius 2 is 2.50 bits per heavy atom. The molecule has 1 saturated heterocycles. The highest BCUT2D eigenvalue weighted by molar-refractivity contribution is 7.08. The van der Waals surface area contributed by atoms with E-state index >= 15 is 0 Å². The van der Waals surface area contributed by atoms with Gasteiger partial charge in [-0.3, -0.25) is 0 Å². The van der Waals surface area contributed by atoms with Gasteiger partial charge in [-0.2, -0.15) is 16.3 Å². The number of nitrogens with one attached hydrogen (secondary N) is 1. The van der Waals surface area contributed by atoms with E-state index in [1.807, 2.05) is 16.8 Å². The predicted octanol–water partition coefficient (Wildman–Crippen LogP) is 2.83. The van der Waals surface area contributed by atoms with Crippen LogP contribution in [0, 0.1) is 0 Å². The molecule has 1 unspecified atom stereocenters. The van der Waals surface area contributed by atoms with Gasteiger partial charge in [0, 0.05) is 17.5 Å². The molecule has 3 rings (SSSR count). The van der Waals surface area contributed by atoms with Gasteiger partial charge in [0.1, 0.15) is 0 Å². The summed E-state index contributed by atoms with van der Waals surface area (Å²) in [7, 11) is 0. The van der Waals surface area contributed by atoms with Gasteiger partial charge in [0.15, 0.2) is 0 Å². The first-order valence-corrected chi connectivity index (χ1v) is 7.36. The molecular formula is C13H17N3OS. The Bertz CT molecular complexity index is 500. The SMILES string of the molecule is CCCC1(c2nc(-c3ccsc3)no2)CCNC1. The van der Waals surface area contributed by atoms with Crippen molar-refractivity contribution in [3.8, 4) is 11.4 Å². The number of thiophene rings is 1. The van der Waals surface area contributed by atoms with Gasteiger partial charge in [0.25, 0.3) is 0 Å². The van der Waals surface area contributed by atoms with Crippen LogP contribution in [0.1, 0.15) is 32.1 Å². The third-order valence-electron chi connectivity index (χ3n) is 3.63. The second-order valence-electron chi connectivity index (χ2n) is 4.89. The summed E-state index contributed by atoms with van der Waals surface area (Å²) in [5.74, 6) is 1.52. The van der Waals surface area contributed by atoms with Crippen molar-refractivity contribution in [3.05, 3.63) is 22.7 Å². The molecule has 3 heterocycles. The second kappa shape index (κ2) is 4.82. The summed E-state index contributed by atoms with van der Waals surface area (Å²) in [6.07, 6.45) is 3.33. The fraction of sp³-hybridized carbons (Fsp3) is 0.538. The van der Waals surface area contributed by atoms with E-state index in [9.17, 15) is 0 Å². The molecule has 0 radical (unpaired) electrons. The Morgan fingerprint density at radius 1 is 1.56 bits per heavy atom. The largest absolute Gasteiger partial charge is 0.338 e. The number of hydrogen-bond acceptors (Lipinski definition) is 5. The molecule has 0 spiro atoms. The zero-order valence-electron chi connectivity index (χ0n) is 10.5. The van der Waals surface area contributed by atoms with E-state index in [1.54, 1.807) is 11.3 Å². The average molecular weight is 263 g/mol. The Labute approximate surface area is 110 Å². The summed E-state index contributed by atoms with van der Waals surface area (Å²) in [6, 6.07) is 2.03. The van der Waals surface area contributed by atoms with Gasteiger partial charge in [-0.25, -0.2) is 0 Å².